The van der Waals surface area contributed by atoms with Gasteiger partial charge in [-0.1, -0.05) is 32.0 Å². The van der Waals surface area contributed by atoms with E-state index in [9.17, 15) is 19.5 Å². The monoisotopic (exact) mass is 323 g/mol. The van der Waals surface area contributed by atoms with Gasteiger partial charge in [0.05, 0.1) is 18.6 Å². The maximum atomic E-state index is 11.7. The molecule has 7 nitrogen and oxygen atoms in total. The number of hydrogen-bond donors (Lipinski definition) is 3. The molecule has 0 saturated carbocycles. The molecule has 0 spiro atoms. The zero-order valence-corrected chi connectivity index (χ0v) is 13.1. The predicted molar refractivity (Wildman–Crippen MR) is 81.4 cm³/mol. The quantitative estimate of drug-likeness (QED) is 0.490. The molecule has 0 heterocycles. The molecule has 126 valence electrons. The maximum absolute atomic E-state index is 11.7. The molecule has 0 bridgehead atoms. The second kappa shape index (κ2) is 8.40. The first-order valence-corrected chi connectivity index (χ1v) is 7.14. The molecule has 0 unspecified atom stereocenters. The van der Waals surface area contributed by atoms with Crippen molar-refractivity contribution in [3.63, 3.8) is 0 Å². The van der Waals surface area contributed by atoms with E-state index in [2.05, 4.69) is 10.1 Å². The first-order chi connectivity index (χ1) is 10.8. The summed E-state index contributed by atoms with van der Waals surface area (Å²) in [6.45, 7) is 2.61. The van der Waals surface area contributed by atoms with Crippen molar-refractivity contribution in [1.29, 1.82) is 0 Å². The van der Waals surface area contributed by atoms with E-state index in [1.54, 1.807) is 18.2 Å². The van der Waals surface area contributed by atoms with Crippen LogP contribution in [0.1, 0.15) is 30.6 Å². The molecule has 0 fully saturated rings. The Bertz CT molecular complexity index is 555. The Balaban J connectivity index is 2.37. The van der Waals surface area contributed by atoms with Crippen LogP contribution in [0.3, 0.4) is 0 Å². The lowest BCUT2D eigenvalue weighted by Crippen LogP contribution is -2.46. The number of rotatable bonds is 7. The van der Waals surface area contributed by atoms with Crippen molar-refractivity contribution in [2.24, 2.45) is 5.41 Å². The predicted octanol–water partition coefficient (Wildman–Crippen LogP) is 0.256. The Kier molecular flexibility index (Phi) is 6.87. The van der Waals surface area contributed by atoms with Gasteiger partial charge in [-0.15, -0.1) is 0 Å². The molecule has 0 aromatic heterocycles. The fourth-order valence-corrected chi connectivity index (χ4v) is 1.61. The number of benzene rings is 1. The fourth-order valence-electron chi connectivity index (χ4n) is 1.61. The van der Waals surface area contributed by atoms with Gasteiger partial charge in [0.1, 0.15) is 6.10 Å². The first kappa shape index (κ1) is 18.8. The number of nitrogens with one attached hydrogen (secondary N) is 1. The molecule has 3 N–H and O–H groups in total. The lowest BCUT2D eigenvalue weighted by Gasteiger charge is -2.27. The van der Waals surface area contributed by atoms with Crippen LogP contribution in [-0.2, 0) is 14.3 Å². The van der Waals surface area contributed by atoms with Gasteiger partial charge in [-0.05, 0) is 12.1 Å². The summed E-state index contributed by atoms with van der Waals surface area (Å²) < 4.78 is 4.64. The van der Waals surface area contributed by atoms with Crippen molar-refractivity contribution in [2.75, 3.05) is 13.2 Å². The Morgan fingerprint density at radius 1 is 1.22 bits per heavy atom. The van der Waals surface area contributed by atoms with Crippen LogP contribution in [0.4, 0.5) is 0 Å². The Labute approximate surface area is 134 Å². The number of amides is 1. The molecule has 0 saturated heterocycles. The van der Waals surface area contributed by atoms with Crippen molar-refractivity contribution >= 4 is 17.8 Å². The molecule has 23 heavy (non-hydrogen) atoms. The lowest BCUT2D eigenvalue weighted by atomic mass is 9.87. The summed E-state index contributed by atoms with van der Waals surface area (Å²) >= 11 is 0. The second-order valence-electron chi connectivity index (χ2n) is 5.72. The third-order valence-electron chi connectivity index (χ3n) is 3.24. The van der Waals surface area contributed by atoms with Crippen LogP contribution in [-0.4, -0.2) is 47.3 Å². The third kappa shape index (κ3) is 5.80. The first-order valence-electron chi connectivity index (χ1n) is 7.14. The van der Waals surface area contributed by atoms with Crippen LogP contribution in [0.25, 0.3) is 0 Å². The van der Waals surface area contributed by atoms with Gasteiger partial charge in [-0.2, -0.15) is 0 Å². The molecule has 7 heteroatoms. The minimum atomic E-state index is -1.41. The van der Waals surface area contributed by atoms with Crippen LogP contribution in [0, 0.1) is 5.41 Å². The van der Waals surface area contributed by atoms with Crippen molar-refractivity contribution in [1.82, 2.24) is 5.32 Å². The standard InChI is InChI=1S/C16H21NO6/c1-16(2,10-18)13(20)14(21)17-9-8-12(19)23-15(22)11-6-4-3-5-7-11/h3-7,13,18,20H,8-10H2,1-2H3,(H,17,21)/t13-/m0/s1. The molecular weight excluding hydrogens is 302 g/mol. The number of carbonyl (C=O) groups excluding carboxylic acids is 3. The van der Waals surface area contributed by atoms with Crippen LogP contribution in [0.15, 0.2) is 30.3 Å². The van der Waals surface area contributed by atoms with Crippen LogP contribution in [0.5, 0.6) is 0 Å². The molecule has 0 aliphatic carbocycles. The van der Waals surface area contributed by atoms with Gasteiger partial charge in [0.2, 0.25) is 5.91 Å². The highest BCUT2D eigenvalue weighted by atomic mass is 16.6. The van der Waals surface area contributed by atoms with Gasteiger partial charge in [0.25, 0.3) is 0 Å². The van der Waals surface area contributed by atoms with Crippen molar-refractivity contribution in [3.05, 3.63) is 35.9 Å². The van der Waals surface area contributed by atoms with E-state index in [1.165, 1.54) is 26.0 Å². The van der Waals surface area contributed by atoms with Gasteiger partial charge in [-0.25, -0.2) is 4.79 Å². The molecule has 0 aliphatic heterocycles. The Hall–Kier alpha value is -2.25. The van der Waals surface area contributed by atoms with Crippen LogP contribution in [0.2, 0.25) is 0 Å². The van der Waals surface area contributed by atoms with Crippen molar-refractivity contribution in [3.8, 4) is 0 Å². The van der Waals surface area contributed by atoms with Gasteiger partial charge in [0, 0.05) is 12.0 Å². The summed E-state index contributed by atoms with van der Waals surface area (Å²) in [7, 11) is 0. The topological polar surface area (TPSA) is 113 Å². The summed E-state index contributed by atoms with van der Waals surface area (Å²) in [5.41, 5.74) is -0.738. The van der Waals surface area contributed by atoms with Gasteiger partial charge in [0.15, 0.2) is 0 Å². The molecule has 1 aromatic carbocycles. The molecule has 1 amide bonds. The van der Waals surface area contributed by atoms with Crippen molar-refractivity contribution in [2.45, 2.75) is 26.4 Å². The fraction of sp³-hybridized carbons (Fsp3) is 0.438. The average molecular weight is 323 g/mol. The van der Waals surface area contributed by atoms with E-state index < -0.39 is 29.4 Å². The normalized spacial score (nSPS) is 12.3. The SMILES string of the molecule is CC(C)(CO)[C@@H](O)C(=O)NCCC(=O)OC(=O)c1ccccc1. The zero-order chi connectivity index (χ0) is 17.5. The number of esters is 2. The Morgan fingerprint density at radius 3 is 2.39 bits per heavy atom. The number of carbonyl (C=O) groups is 3. The van der Waals surface area contributed by atoms with Gasteiger partial charge < -0.3 is 20.3 Å². The number of hydrogen-bond acceptors (Lipinski definition) is 6. The largest absolute Gasteiger partial charge is 0.396 e. The summed E-state index contributed by atoms with van der Waals surface area (Å²) in [4.78, 5) is 34.8. The molecular formula is C16H21NO6. The lowest BCUT2D eigenvalue weighted by molar-refractivity contribution is -0.139. The summed E-state index contributed by atoms with van der Waals surface area (Å²) in [6.07, 6.45) is -1.62. The molecule has 1 atom stereocenters. The highest BCUT2D eigenvalue weighted by Crippen LogP contribution is 2.19. The minimum absolute atomic E-state index is 0.0850. The Morgan fingerprint density at radius 2 is 1.83 bits per heavy atom. The van der Waals surface area contributed by atoms with Gasteiger partial charge >= 0.3 is 11.9 Å². The van der Waals surface area contributed by atoms with E-state index in [-0.39, 0.29) is 25.1 Å². The summed E-state index contributed by atoms with van der Waals surface area (Å²) in [5, 5.41) is 21.2. The van der Waals surface area contributed by atoms with E-state index in [0.29, 0.717) is 0 Å². The highest BCUT2D eigenvalue weighted by Gasteiger charge is 2.32. The maximum Gasteiger partial charge on any atom is 0.345 e. The van der Waals surface area contributed by atoms with E-state index in [1.807, 2.05) is 0 Å². The smallest absolute Gasteiger partial charge is 0.345 e. The van der Waals surface area contributed by atoms with Crippen LogP contribution < -0.4 is 5.32 Å². The average Bonchev–Trinajstić information content (AvgIpc) is 2.54. The molecule has 0 aliphatic rings. The second-order valence-corrected chi connectivity index (χ2v) is 5.72. The third-order valence-corrected chi connectivity index (χ3v) is 3.24. The number of aliphatic hydroxyl groups excluding tert-OH is 2. The summed E-state index contributed by atoms with van der Waals surface area (Å²) in [5.74, 6) is -2.25. The molecule has 1 rings (SSSR count). The zero-order valence-electron chi connectivity index (χ0n) is 13.1. The van der Waals surface area contributed by atoms with E-state index >= 15 is 0 Å². The van der Waals surface area contributed by atoms with Crippen molar-refractivity contribution < 1.29 is 29.3 Å². The summed E-state index contributed by atoms with van der Waals surface area (Å²) in [6, 6.07) is 8.06. The van der Waals surface area contributed by atoms with Crippen LogP contribution >= 0.6 is 0 Å². The van der Waals surface area contributed by atoms with E-state index in [0.717, 1.165) is 0 Å². The molecule has 1 aromatic rings. The van der Waals surface area contributed by atoms with Gasteiger partial charge in [-0.3, -0.25) is 9.59 Å². The molecule has 0 radical (unpaired) electrons. The number of aliphatic hydroxyl groups is 2. The minimum Gasteiger partial charge on any atom is -0.396 e. The van der Waals surface area contributed by atoms with E-state index in [4.69, 9.17) is 5.11 Å². The highest BCUT2D eigenvalue weighted by molar-refractivity contribution is 5.96. The number of ether oxygens (including phenoxy) is 1.